The highest BCUT2D eigenvalue weighted by Crippen LogP contribution is 2.34. The van der Waals surface area contributed by atoms with Crippen LogP contribution in [0.5, 0.6) is 0 Å². The first-order valence-electron chi connectivity index (χ1n) is 8.44. The standard InChI is InChI=1S/C17H23N3O2S/c1-12(2)20-13-7-8-14(20)11-19(10-9-13)17-15-5-3-4-6-16(15)23(21,22)18-17/h3-6,12-14H,7-11H2,1-2H3. The fourth-order valence-electron chi connectivity index (χ4n) is 4.46. The molecule has 1 aromatic carbocycles. The average molecular weight is 333 g/mol. The van der Waals surface area contributed by atoms with Crippen LogP contribution in [0.2, 0.25) is 0 Å². The van der Waals surface area contributed by atoms with Crippen LogP contribution in [0.15, 0.2) is 33.6 Å². The van der Waals surface area contributed by atoms with Gasteiger partial charge in [-0.15, -0.1) is 4.40 Å². The number of hydrogen-bond donors (Lipinski definition) is 0. The Kier molecular flexibility index (Phi) is 3.50. The van der Waals surface area contributed by atoms with E-state index in [0.717, 1.165) is 25.1 Å². The molecule has 0 radical (unpaired) electrons. The molecule has 2 saturated heterocycles. The highest BCUT2D eigenvalue weighted by atomic mass is 32.2. The Morgan fingerprint density at radius 2 is 1.87 bits per heavy atom. The number of rotatable bonds is 1. The van der Waals surface area contributed by atoms with Gasteiger partial charge in [0, 0.05) is 36.8 Å². The third-order valence-electron chi connectivity index (χ3n) is 5.35. The van der Waals surface area contributed by atoms with Crippen molar-refractivity contribution in [1.82, 2.24) is 9.80 Å². The van der Waals surface area contributed by atoms with E-state index in [1.165, 1.54) is 12.8 Å². The minimum absolute atomic E-state index is 0.352. The molecule has 6 heteroatoms. The molecule has 0 N–H and O–H groups in total. The van der Waals surface area contributed by atoms with Crippen molar-refractivity contribution in [3.05, 3.63) is 29.8 Å². The number of likely N-dealkylation sites (tertiary alicyclic amines) is 1. The van der Waals surface area contributed by atoms with Gasteiger partial charge in [0.05, 0.1) is 0 Å². The summed E-state index contributed by atoms with van der Waals surface area (Å²) in [6.07, 6.45) is 3.54. The summed E-state index contributed by atoms with van der Waals surface area (Å²) in [6.45, 7) is 6.27. The second kappa shape index (κ2) is 5.31. The van der Waals surface area contributed by atoms with Gasteiger partial charge in [-0.05, 0) is 45.2 Å². The van der Waals surface area contributed by atoms with Crippen LogP contribution in [0.3, 0.4) is 0 Å². The van der Waals surface area contributed by atoms with Crippen LogP contribution in [-0.2, 0) is 10.0 Å². The van der Waals surface area contributed by atoms with Gasteiger partial charge >= 0.3 is 0 Å². The second-order valence-corrected chi connectivity index (χ2v) is 8.62. The van der Waals surface area contributed by atoms with Crippen molar-refractivity contribution < 1.29 is 8.42 Å². The zero-order valence-electron chi connectivity index (χ0n) is 13.6. The largest absolute Gasteiger partial charge is 0.354 e. The van der Waals surface area contributed by atoms with Crippen LogP contribution in [0.1, 0.15) is 38.7 Å². The number of nitrogens with zero attached hydrogens (tertiary/aromatic N) is 3. The average Bonchev–Trinajstić information content (AvgIpc) is 2.94. The number of sulfonamides is 1. The van der Waals surface area contributed by atoms with Gasteiger partial charge in [0.15, 0.2) is 5.84 Å². The van der Waals surface area contributed by atoms with Gasteiger partial charge in [-0.25, -0.2) is 0 Å². The molecule has 0 aliphatic carbocycles. The van der Waals surface area contributed by atoms with Gasteiger partial charge in [0.25, 0.3) is 10.0 Å². The molecule has 2 fully saturated rings. The van der Waals surface area contributed by atoms with Gasteiger partial charge < -0.3 is 4.90 Å². The monoisotopic (exact) mass is 333 g/mol. The molecule has 4 rings (SSSR count). The van der Waals surface area contributed by atoms with Crippen molar-refractivity contribution in [2.45, 2.75) is 56.1 Å². The number of amidine groups is 1. The summed E-state index contributed by atoms with van der Waals surface area (Å²) < 4.78 is 28.7. The molecule has 23 heavy (non-hydrogen) atoms. The van der Waals surface area contributed by atoms with E-state index in [4.69, 9.17) is 0 Å². The Morgan fingerprint density at radius 3 is 2.65 bits per heavy atom. The molecule has 1 aromatic rings. The first-order valence-corrected chi connectivity index (χ1v) is 9.88. The summed E-state index contributed by atoms with van der Waals surface area (Å²) in [6, 6.07) is 8.85. The fraction of sp³-hybridized carbons (Fsp3) is 0.588. The molecule has 2 bridgehead atoms. The lowest BCUT2D eigenvalue weighted by Gasteiger charge is -2.32. The minimum atomic E-state index is -3.53. The lowest BCUT2D eigenvalue weighted by atomic mass is 10.1. The highest BCUT2D eigenvalue weighted by Gasteiger charge is 2.41. The molecule has 5 nitrogen and oxygen atoms in total. The lowest BCUT2D eigenvalue weighted by Crippen LogP contribution is -2.44. The molecule has 3 heterocycles. The van der Waals surface area contributed by atoms with E-state index in [1.807, 2.05) is 12.1 Å². The summed E-state index contributed by atoms with van der Waals surface area (Å²) >= 11 is 0. The Morgan fingerprint density at radius 1 is 1.13 bits per heavy atom. The van der Waals surface area contributed by atoms with Gasteiger partial charge in [0.2, 0.25) is 0 Å². The highest BCUT2D eigenvalue weighted by molar-refractivity contribution is 7.90. The third-order valence-corrected chi connectivity index (χ3v) is 6.67. The number of benzene rings is 1. The van der Waals surface area contributed by atoms with Crippen molar-refractivity contribution in [3.63, 3.8) is 0 Å². The quantitative estimate of drug-likeness (QED) is 0.790. The van der Waals surface area contributed by atoms with Crippen LogP contribution in [0.4, 0.5) is 0 Å². The Hall–Kier alpha value is -1.40. The van der Waals surface area contributed by atoms with Crippen LogP contribution in [-0.4, -0.2) is 55.3 Å². The molecule has 2 atom stereocenters. The molecule has 0 spiro atoms. The van der Waals surface area contributed by atoms with Crippen molar-refractivity contribution >= 4 is 15.9 Å². The van der Waals surface area contributed by atoms with Crippen LogP contribution in [0, 0.1) is 0 Å². The van der Waals surface area contributed by atoms with E-state index >= 15 is 0 Å². The smallest absolute Gasteiger partial charge is 0.285 e. The van der Waals surface area contributed by atoms with E-state index in [-0.39, 0.29) is 0 Å². The maximum atomic E-state index is 12.3. The van der Waals surface area contributed by atoms with Crippen LogP contribution < -0.4 is 0 Å². The van der Waals surface area contributed by atoms with Crippen LogP contribution in [0.25, 0.3) is 0 Å². The maximum Gasteiger partial charge on any atom is 0.285 e. The molecular weight excluding hydrogens is 310 g/mol. The van der Waals surface area contributed by atoms with E-state index in [9.17, 15) is 8.42 Å². The Bertz CT molecular complexity index is 757. The van der Waals surface area contributed by atoms with Crippen molar-refractivity contribution in [2.24, 2.45) is 4.40 Å². The lowest BCUT2D eigenvalue weighted by molar-refractivity contribution is 0.153. The van der Waals surface area contributed by atoms with Gasteiger partial charge in [0.1, 0.15) is 4.90 Å². The Balaban J connectivity index is 1.68. The van der Waals surface area contributed by atoms with Gasteiger partial charge in [-0.2, -0.15) is 8.42 Å². The van der Waals surface area contributed by atoms with E-state index in [0.29, 0.717) is 28.9 Å². The summed E-state index contributed by atoms with van der Waals surface area (Å²) in [5, 5.41) is 0. The zero-order valence-corrected chi connectivity index (χ0v) is 14.5. The summed E-state index contributed by atoms with van der Waals surface area (Å²) in [4.78, 5) is 5.17. The molecule has 0 amide bonds. The summed E-state index contributed by atoms with van der Waals surface area (Å²) in [5.41, 5.74) is 0.765. The molecule has 0 aromatic heterocycles. The minimum Gasteiger partial charge on any atom is -0.354 e. The normalized spacial score (nSPS) is 29.5. The van der Waals surface area contributed by atoms with Gasteiger partial charge in [-0.1, -0.05) is 12.1 Å². The first kappa shape index (κ1) is 15.1. The molecular formula is C17H23N3O2S. The predicted octanol–water partition coefficient (Wildman–Crippen LogP) is 2.08. The maximum absolute atomic E-state index is 12.3. The van der Waals surface area contributed by atoms with E-state index in [2.05, 4.69) is 28.0 Å². The Labute approximate surface area is 138 Å². The summed E-state index contributed by atoms with van der Waals surface area (Å²) in [7, 11) is -3.53. The SMILES string of the molecule is CC(C)N1C2CCC1CN(C1=NS(=O)(=O)c3ccccc31)CC2. The van der Waals surface area contributed by atoms with E-state index < -0.39 is 10.0 Å². The molecule has 124 valence electrons. The first-order chi connectivity index (χ1) is 11.0. The number of hydrogen-bond acceptors (Lipinski definition) is 4. The fourth-order valence-corrected chi connectivity index (χ4v) is 5.69. The van der Waals surface area contributed by atoms with Crippen molar-refractivity contribution in [1.29, 1.82) is 0 Å². The van der Waals surface area contributed by atoms with E-state index in [1.54, 1.807) is 12.1 Å². The van der Waals surface area contributed by atoms with Crippen molar-refractivity contribution in [3.8, 4) is 0 Å². The topological polar surface area (TPSA) is 53.0 Å². The molecule has 0 saturated carbocycles. The number of fused-ring (bicyclic) bond motifs is 3. The van der Waals surface area contributed by atoms with Crippen molar-refractivity contribution in [2.75, 3.05) is 13.1 Å². The summed E-state index contributed by atoms with van der Waals surface area (Å²) in [5.74, 6) is 0.650. The molecule has 2 unspecified atom stereocenters. The third kappa shape index (κ3) is 2.39. The van der Waals surface area contributed by atoms with Crippen LogP contribution >= 0.6 is 0 Å². The second-order valence-electron chi connectivity index (χ2n) is 7.05. The predicted molar refractivity (Wildman–Crippen MR) is 90.1 cm³/mol. The van der Waals surface area contributed by atoms with Gasteiger partial charge in [-0.3, -0.25) is 4.90 Å². The molecule has 3 aliphatic heterocycles. The zero-order chi connectivity index (χ0) is 16.2. The molecule has 3 aliphatic rings.